The molecule has 0 amide bonds. The zero-order chi connectivity index (χ0) is 28.9. The van der Waals surface area contributed by atoms with E-state index in [0.717, 1.165) is 0 Å². The van der Waals surface area contributed by atoms with Gasteiger partial charge in [-0.15, -0.1) is 0 Å². The second kappa shape index (κ2) is 12.1. The highest BCUT2D eigenvalue weighted by atomic mass is 16.6. The van der Waals surface area contributed by atoms with Gasteiger partial charge in [0, 0.05) is 17.7 Å². The number of ketones is 1. The average Bonchev–Trinajstić information content (AvgIpc) is 3.34. The van der Waals surface area contributed by atoms with Crippen LogP contribution in [-0.4, -0.2) is 43.0 Å². The number of methoxy groups -OCH3 is 1. The van der Waals surface area contributed by atoms with Crippen LogP contribution in [0.25, 0.3) is 0 Å². The molecule has 0 radical (unpaired) electrons. The molecule has 1 fully saturated rings. The van der Waals surface area contributed by atoms with E-state index in [0.29, 0.717) is 16.9 Å². The van der Waals surface area contributed by atoms with E-state index < -0.39 is 46.2 Å². The van der Waals surface area contributed by atoms with Crippen LogP contribution in [0.5, 0.6) is 5.75 Å². The monoisotopic (exact) mass is 547 g/mol. The van der Waals surface area contributed by atoms with Gasteiger partial charge in [0.1, 0.15) is 11.9 Å². The zero-order valence-electron chi connectivity index (χ0n) is 22.3. The Morgan fingerprint density at radius 1 is 0.850 bits per heavy atom. The fourth-order valence-electron chi connectivity index (χ4n) is 5.09. The molecule has 208 valence electrons. The van der Waals surface area contributed by atoms with Gasteiger partial charge in [0.25, 0.3) is 5.69 Å². The molecule has 0 unspecified atom stereocenters. The van der Waals surface area contributed by atoms with Gasteiger partial charge in [0.05, 0.1) is 37.3 Å². The van der Waals surface area contributed by atoms with Gasteiger partial charge in [-0.25, -0.2) is 0 Å². The lowest BCUT2D eigenvalue weighted by atomic mass is 9.66. The van der Waals surface area contributed by atoms with Gasteiger partial charge in [-0.3, -0.25) is 24.5 Å². The number of esters is 2. The lowest BCUT2D eigenvalue weighted by Crippen LogP contribution is -2.51. The van der Waals surface area contributed by atoms with E-state index >= 15 is 0 Å². The lowest BCUT2D eigenvalue weighted by Gasteiger charge is -2.33. The third-order valence-electron chi connectivity index (χ3n) is 6.91. The average molecular weight is 548 g/mol. The first-order valence-electron chi connectivity index (χ1n) is 12.8. The topological polar surface area (TPSA) is 131 Å². The molecule has 4 rings (SSSR count). The van der Waals surface area contributed by atoms with Crippen LogP contribution in [0.2, 0.25) is 0 Å². The smallest absolute Gasteiger partial charge is 0.327 e. The van der Waals surface area contributed by atoms with Crippen LogP contribution in [0, 0.1) is 21.4 Å². The number of benzene rings is 3. The summed E-state index contributed by atoms with van der Waals surface area (Å²) in [5.74, 6) is -3.37. The number of hydrogen-bond acceptors (Lipinski definition) is 9. The summed E-state index contributed by atoms with van der Waals surface area (Å²) >= 11 is 0. The predicted molar refractivity (Wildman–Crippen MR) is 143 cm³/mol. The molecule has 3 atom stereocenters. The summed E-state index contributed by atoms with van der Waals surface area (Å²) in [6.45, 7) is 3.06. The van der Waals surface area contributed by atoms with Crippen molar-refractivity contribution in [1.82, 2.24) is 0 Å². The van der Waals surface area contributed by atoms with E-state index in [1.54, 1.807) is 68.4 Å². The largest absolute Gasteiger partial charge is 0.497 e. The van der Waals surface area contributed by atoms with Gasteiger partial charge in [-0.2, -0.15) is 0 Å². The molecule has 10 heteroatoms. The van der Waals surface area contributed by atoms with Crippen LogP contribution < -0.4 is 4.74 Å². The van der Waals surface area contributed by atoms with Gasteiger partial charge in [0.15, 0.2) is 5.78 Å². The maximum Gasteiger partial charge on any atom is 0.327 e. The molecular weight excluding hydrogens is 518 g/mol. The van der Waals surface area contributed by atoms with Gasteiger partial charge in [0.2, 0.25) is 5.41 Å². The summed E-state index contributed by atoms with van der Waals surface area (Å²) in [7, 11) is 1.50. The molecule has 0 aromatic heterocycles. The number of hydrogen-bond donors (Lipinski definition) is 0. The van der Waals surface area contributed by atoms with Gasteiger partial charge < -0.3 is 18.9 Å². The van der Waals surface area contributed by atoms with E-state index in [1.165, 1.54) is 31.4 Å². The van der Waals surface area contributed by atoms with Crippen molar-refractivity contribution in [2.45, 2.75) is 26.1 Å². The summed E-state index contributed by atoms with van der Waals surface area (Å²) in [6, 6.07) is 20.3. The Morgan fingerprint density at radius 3 is 1.90 bits per heavy atom. The molecule has 0 bridgehead atoms. The first-order chi connectivity index (χ1) is 19.3. The second-order valence-electron chi connectivity index (χ2n) is 9.08. The highest BCUT2D eigenvalue weighted by Gasteiger charge is 2.70. The normalized spacial score (nSPS) is 19.4. The molecule has 1 heterocycles. The summed E-state index contributed by atoms with van der Waals surface area (Å²) in [6.07, 6.45) is -2.45. The number of nitrogens with zero attached hydrogens (tertiary/aromatic N) is 1. The Bertz CT molecular complexity index is 1350. The number of Topliss-reactive ketones (excluding diaryl/α,β-unsaturated/α-hetero) is 1. The zero-order valence-corrected chi connectivity index (χ0v) is 22.3. The number of rotatable bonds is 10. The number of carbonyl (C=O) groups is 3. The molecule has 1 saturated heterocycles. The Labute approximate surface area is 231 Å². The summed E-state index contributed by atoms with van der Waals surface area (Å²) in [5.41, 5.74) is -1.37. The molecule has 1 aliphatic rings. The SMILES string of the molecule is CCOC(=O)C1(C(=O)OCC)[C@H](C(=O)c2ccccc2)[C@@H](c2ccc([N+](=O)[O-])cc2)O[C@H]1c1ccc(OC)cc1. The standard InChI is InChI=1S/C30H29NO9/c1-4-38-28(33)30(29(34)39-5-2)24(25(32)19-9-7-6-8-10-19)26(20-11-15-22(16-12-20)31(35)36)40-27(30)21-13-17-23(37-3)18-14-21/h6-18,24,26-27H,4-5H2,1-3H3/t24-,26-,27+/m1/s1. The number of nitro benzene ring substituents is 1. The maximum atomic E-state index is 14.3. The van der Waals surface area contributed by atoms with Gasteiger partial charge in [-0.1, -0.05) is 42.5 Å². The highest BCUT2D eigenvalue weighted by molar-refractivity contribution is 6.10. The third-order valence-corrected chi connectivity index (χ3v) is 6.91. The van der Waals surface area contributed by atoms with Crippen molar-refractivity contribution >= 4 is 23.4 Å². The minimum Gasteiger partial charge on any atom is -0.497 e. The second-order valence-corrected chi connectivity index (χ2v) is 9.08. The van der Waals surface area contributed by atoms with Crippen molar-refractivity contribution in [2.24, 2.45) is 11.3 Å². The third kappa shape index (κ3) is 5.05. The van der Waals surface area contributed by atoms with Crippen LogP contribution in [0.15, 0.2) is 78.9 Å². The van der Waals surface area contributed by atoms with Crippen LogP contribution in [0.3, 0.4) is 0 Å². The van der Waals surface area contributed by atoms with E-state index in [-0.39, 0.29) is 24.5 Å². The Hall–Kier alpha value is -4.57. The van der Waals surface area contributed by atoms with Crippen LogP contribution >= 0.6 is 0 Å². The Balaban J connectivity index is 2.01. The van der Waals surface area contributed by atoms with E-state index in [1.807, 2.05) is 0 Å². The highest BCUT2D eigenvalue weighted by Crippen LogP contribution is 2.59. The molecule has 3 aromatic carbocycles. The molecule has 0 N–H and O–H groups in total. The minimum absolute atomic E-state index is 0.0657. The summed E-state index contributed by atoms with van der Waals surface area (Å²) in [4.78, 5) is 53.0. The first-order valence-corrected chi connectivity index (χ1v) is 12.8. The molecule has 40 heavy (non-hydrogen) atoms. The van der Waals surface area contributed by atoms with Crippen LogP contribution in [0.4, 0.5) is 5.69 Å². The summed E-state index contributed by atoms with van der Waals surface area (Å²) < 4.78 is 22.7. The van der Waals surface area contributed by atoms with Gasteiger partial charge >= 0.3 is 11.9 Å². The molecular formula is C30H29NO9. The number of carbonyl (C=O) groups excluding carboxylic acids is 3. The minimum atomic E-state index is -2.24. The van der Waals surface area contributed by atoms with Crippen LogP contribution in [-0.2, 0) is 23.8 Å². The molecule has 0 spiro atoms. The molecule has 0 saturated carbocycles. The van der Waals surface area contributed by atoms with Crippen LogP contribution in [0.1, 0.15) is 47.5 Å². The fraction of sp³-hybridized carbons (Fsp3) is 0.300. The number of nitro groups is 1. The molecule has 10 nitrogen and oxygen atoms in total. The van der Waals surface area contributed by atoms with Gasteiger partial charge in [-0.05, 0) is 49.2 Å². The molecule has 3 aromatic rings. The fourth-order valence-corrected chi connectivity index (χ4v) is 5.09. The quantitative estimate of drug-likeness (QED) is 0.113. The number of ether oxygens (including phenoxy) is 4. The Morgan fingerprint density at radius 2 is 1.40 bits per heavy atom. The number of non-ortho nitro benzene ring substituents is 1. The van der Waals surface area contributed by atoms with Crippen molar-refractivity contribution in [1.29, 1.82) is 0 Å². The maximum absolute atomic E-state index is 14.3. The lowest BCUT2D eigenvalue weighted by molar-refractivity contribution is -0.384. The van der Waals surface area contributed by atoms with Crippen molar-refractivity contribution in [2.75, 3.05) is 20.3 Å². The molecule has 1 aliphatic heterocycles. The molecule has 0 aliphatic carbocycles. The van der Waals surface area contributed by atoms with Crippen molar-refractivity contribution in [3.8, 4) is 5.75 Å². The van der Waals surface area contributed by atoms with E-state index in [9.17, 15) is 24.5 Å². The van der Waals surface area contributed by atoms with Crippen molar-refractivity contribution in [3.05, 3.63) is 106 Å². The first kappa shape index (κ1) is 28.4. The predicted octanol–water partition coefficient (Wildman–Crippen LogP) is 5.03. The van der Waals surface area contributed by atoms with Crippen molar-refractivity contribution in [3.63, 3.8) is 0 Å². The summed E-state index contributed by atoms with van der Waals surface area (Å²) in [5, 5.41) is 11.3. The van der Waals surface area contributed by atoms with E-state index in [2.05, 4.69) is 0 Å². The Kier molecular flexibility index (Phi) is 8.59. The van der Waals surface area contributed by atoms with E-state index in [4.69, 9.17) is 18.9 Å². The van der Waals surface area contributed by atoms with Crippen molar-refractivity contribution < 1.29 is 38.3 Å².